The van der Waals surface area contributed by atoms with Crippen LogP contribution in [0.25, 0.3) is 0 Å². The lowest BCUT2D eigenvalue weighted by Crippen LogP contribution is -2.29. The highest BCUT2D eigenvalue weighted by Gasteiger charge is 2.32. The molecule has 4 nitrogen and oxygen atoms in total. The molecule has 1 N–H and O–H groups in total. The molecule has 4 heteroatoms. The summed E-state index contributed by atoms with van der Waals surface area (Å²) in [6.45, 7) is 4.61. The van der Waals surface area contributed by atoms with Gasteiger partial charge in [-0.1, -0.05) is 0 Å². The quantitative estimate of drug-likeness (QED) is 0.833. The van der Waals surface area contributed by atoms with Crippen LogP contribution in [-0.2, 0) is 6.54 Å². The van der Waals surface area contributed by atoms with E-state index >= 15 is 0 Å². The minimum absolute atomic E-state index is 0.496. The van der Waals surface area contributed by atoms with Gasteiger partial charge in [-0.2, -0.15) is 0 Å². The smallest absolute Gasteiger partial charge is 0.0951 e. The molecule has 1 aromatic heterocycles. The molecule has 2 heterocycles. The lowest BCUT2D eigenvalue weighted by molar-refractivity contribution is 0.0676. The van der Waals surface area contributed by atoms with Crippen molar-refractivity contribution >= 4 is 0 Å². The number of likely N-dealkylation sites (tertiary alicyclic amines) is 1. The third-order valence-corrected chi connectivity index (χ3v) is 3.60. The van der Waals surface area contributed by atoms with Crippen molar-refractivity contribution < 1.29 is 5.11 Å². The van der Waals surface area contributed by atoms with Gasteiger partial charge in [-0.25, -0.2) is 4.98 Å². The highest BCUT2D eigenvalue weighted by Crippen LogP contribution is 2.36. The lowest BCUT2D eigenvalue weighted by Gasteiger charge is -2.19. The van der Waals surface area contributed by atoms with Crippen molar-refractivity contribution in [3.05, 3.63) is 18.2 Å². The first-order chi connectivity index (χ1) is 7.64. The van der Waals surface area contributed by atoms with Gasteiger partial charge in [0.05, 0.1) is 17.6 Å². The first-order valence-corrected chi connectivity index (χ1v) is 6.09. The Labute approximate surface area is 95.9 Å². The Hall–Kier alpha value is -0.870. The molecule has 1 unspecified atom stereocenters. The second-order valence-electron chi connectivity index (χ2n) is 5.48. The van der Waals surface area contributed by atoms with Crippen LogP contribution >= 0.6 is 0 Å². The van der Waals surface area contributed by atoms with Gasteiger partial charge in [0.15, 0.2) is 0 Å². The largest absolute Gasteiger partial charge is 0.389 e. The summed E-state index contributed by atoms with van der Waals surface area (Å²) in [6.07, 6.45) is 7.37. The number of hydrogen-bond acceptors (Lipinski definition) is 3. The molecule has 1 aromatic rings. The first-order valence-electron chi connectivity index (χ1n) is 6.09. The standard InChI is InChI=1S/C12H19N3O/c1-12(16)4-5-14(8-12)7-11-6-13-9-15(11)10-2-3-10/h6,9-10,16H,2-5,7-8H2,1H3. The van der Waals surface area contributed by atoms with Crippen molar-refractivity contribution in [2.75, 3.05) is 13.1 Å². The van der Waals surface area contributed by atoms with Crippen LogP contribution in [0.1, 0.15) is 37.9 Å². The van der Waals surface area contributed by atoms with Crippen LogP contribution in [0.3, 0.4) is 0 Å². The predicted octanol–water partition coefficient (Wildman–Crippen LogP) is 1.17. The summed E-state index contributed by atoms with van der Waals surface area (Å²) < 4.78 is 2.30. The molecule has 88 valence electrons. The highest BCUT2D eigenvalue weighted by molar-refractivity contribution is 5.04. The molecule has 2 aliphatic rings. The Morgan fingerprint density at radius 1 is 1.56 bits per heavy atom. The van der Waals surface area contributed by atoms with Gasteiger partial charge in [0.25, 0.3) is 0 Å². The summed E-state index contributed by atoms with van der Waals surface area (Å²) >= 11 is 0. The van der Waals surface area contributed by atoms with Crippen LogP contribution < -0.4 is 0 Å². The zero-order valence-corrected chi connectivity index (χ0v) is 9.76. The van der Waals surface area contributed by atoms with Gasteiger partial charge >= 0.3 is 0 Å². The van der Waals surface area contributed by atoms with E-state index in [1.54, 1.807) is 0 Å². The van der Waals surface area contributed by atoms with Crippen molar-refractivity contribution in [2.45, 2.75) is 44.4 Å². The zero-order chi connectivity index (χ0) is 11.2. The van der Waals surface area contributed by atoms with E-state index in [-0.39, 0.29) is 0 Å². The van der Waals surface area contributed by atoms with Crippen molar-refractivity contribution in [3.8, 4) is 0 Å². The van der Waals surface area contributed by atoms with Crippen molar-refractivity contribution in [3.63, 3.8) is 0 Å². The summed E-state index contributed by atoms with van der Waals surface area (Å²) in [5.74, 6) is 0. The zero-order valence-electron chi connectivity index (χ0n) is 9.76. The SMILES string of the molecule is CC1(O)CCN(Cc2cncn2C2CC2)C1. The first kappa shape index (κ1) is 10.3. The van der Waals surface area contributed by atoms with Crippen molar-refractivity contribution in [2.24, 2.45) is 0 Å². The maximum absolute atomic E-state index is 9.92. The number of nitrogens with zero attached hydrogens (tertiary/aromatic N) is 3. The Bertz CT molecular complexity index is 381. The second-order valence-corrected chi connectivity index (χ2v) is 5.48. The monoisotopic (exact) mass is 221 g/mol. The molecule has 1 aliphatic carbocycles. The predicted molar refractivity (Wildman–Crippen MR) is 61.0 cm³/mol. The summed E-state index contributed by atoms with van der Waals surface area (Å²) in [5, 5.41) is 9.92. The maximum Gasteiger partial charge on any atom is 0.0951 e. The third-order valence-electron chi connectivity index (χ3n) is 3.60. The summed E-state index contributed by atoms with van der Waals surface area (Å²) in [4.78, 5) is 6.55. The Morgan fingerprint density at radius 3 is 3.00 bits per heavy atom. The average Bonchev–Trinajstić information content (AvgIpc) is 2.87. The van der Waals surface area contributed by atoms with Crippen LogP contribution in [-0.4, -0.2) is 38.2 Å². The second kappa shape index (κ2) is 3.57. The molecule has 0 aromatic carbocycles. The molecule has 1 saturated heterocycles. The topological polar surface area (TPSA) is 41.3 Å². The van der Waals surface area contributed by atoms with E-state index in [0.29, 0.717) is 6.04 Å². The van der Waals surface area contributed by atoms with E-state index in [0.717, 1.165) is 26.1 Å². The molecule has 0 radical (unpaired) electrons. The molecule has 0 spiro atoms. The van der Waals surface area contributed by atoms with E-state index in [9.17, 15) is 5.11 Å². The fourth-order valence-corrected chi connectivity index (χ4v) is 2.54. The summed E-state index contributed by atoms with van der Waals surface area (Å²) in [5.41, 5.74) is 0.796. The van der Waals surface area contributed by atoms with Gasteiger partial charge in [-0.05, 0) is 26.2 Å². The number of rotatable bonds is 3. The summed E-state index contributed by atoms with van der Waals surface area (Å²) in [6, 6.07) is 0.695. The molecule has 0 bridgehead atoms. The van der Waals surface area contributed by atoms with Crippen LogP contribution in [0, 0.1) is 0 Å². The van der Waals surface area contributed by atoms with Gasteiger partial charge in [0.2, 0.25) is 0 Å². The van der Waals surface area contributed by atoms with Gasteiger partial charge in [-0.15, -0.1) is 0 Å². The highest BCUT2D eigenvalue weighted by atomic mass is 16.3. The van der Waals surface area contributed by atoms with Crippen molar-refractivity contribution in [1.29, 1.82) is 0 Å². The van der Waals surface area contributed by atoms with Gasteiger partial charge < -0.3 is 9.67 Å². The number of hydrogen-bond donors (Lipinski definition) is 1. The van der Waals surface area contributed by atoms with Crippen LogP contribution in [0.5, 0.6) is 0 Å². The lowest BCUT2D eigenvalue weighted by atomic mass is 10.1. The van der Waals surface area contributed by atoms with E-state index < -0.39 is 5.60 Å². The van der Waals surface area contributed by atoms with E-state index in [1.165, 1.54) is 18.5 Å². The Balaban J connectivity index is 1.68. The van der Waals surface area contributed by atoms with Gasteiger partial charge in [-0.3, -0.25) is 4.90 Å². The van der Waals surface area contributed by atoms with E-state index in [2.05, 4.69) is 14.5 Å². The molecule has 1 atom stereocenters. The molecule has 0 amide bonds. The maximum atomic E-state index is 9.92. The van der Waals surface area contributed by atoms with Crippen molar-refractivity contribution in [1.82, 2.24) is 14.5 Å². The van der Waals surface area contributed by atoms with Crippen LogP contribution in [0.15, 0.2) is 12.5 Å². The summed E-state index contributed by atoms with van der Waals surface area (Å²) in [7, 11) is 0. The Kier molecular flexibility index (Phi) is 2.30. The average molecular weight is 221 g/mol. The van der Waals surface area contributed by atoms with E-state index in [4.69, 9.17) is 0 Å². The minimum Gasteiger partial charge on any atom is -0.389 e. The fourth-order valence-electron chi connectivity index (χ4n) is 2.54. The number of aliphatic hydroxyl groups is 1. The molecule has 2 fully saturated rings. The number of imidazole rings is 1. The molecule has 3 rings (SSSR count). The normalized spacial score (nSPS) is 31.1. The molecule has 1 aliphatic heterocycles. The number of β-amino-alcohol motifs (C(OH)–C–C–N with tert-alkyl or cyclic N) is 1. The van der Waals surface area contributed by atoms with Crippen LogP contribution in [0.4, 0.5) is 0 Å². The minimum atomic E-state index is -0.496. The number of aromatic nitrogens is 2. The Morgan fingerprint density at radius 2 is 2.38 bits per heavy atom. The van der Waals surface area contributed by atoms with Gasteiger partial charge in [0.1, 0.15) is 0 Å². The fraction of sp³-hybridized carbons (Fsp3) is 0.750. The third kappa shape index (κ3) is 1.99. The molecular weight excluding hydrogens is 202 g/mol. The molecule has 16 heavy (non-hydrogen) atoms. The van der Waals surface area contributed by atoms with Crippen LogP contribution in [0.2, 0.25) is 0 Å². The van der Waals surface area contributed by atoms with E-state index in [1.807, 2.05) is 19.4 Å². The van der Waals surface area contributed by atoms with Gasteiger partial charge in [0, 0.05) is 31.9 Å². The molecular formula is C12H19N3O. The molecule has 1 saturated carbocycles.